The molecule has 0 aromatic heterocycles. The van der Waals surface area contributed by atoms with E-state index in [0.29, 0.717) is 17.8 Å². The van der Waals surface area contributed by atoms with Crippen LogP contribution in [0, 0.1) is 17.8 Å². The molecule has 1 aliphatic heterocycles. The first-order valence-corrected chi connectivity index (χ1v) is 4.45. The van der Waals surface area contributed by atoms with E-state index in [9.17, 15) is 0 Å². The fourth-order valence-corrected chi connectivity index (χ4v) is 1.57. The maximum Gasteiger partial charge on any atom is 0.208 e. The van der Waals surface area contributed by atoms with E-state index < -0.39 is 0 Å². The Bertz CT molecular complexity index is 206. The standard InChI is InChI=1S/C10H17NO/c1-7(2)9-6-11-10(12-4)5-8(9)3/h5-9H,1-4H3. The van der Waals surface area contributed by atoms with Crippen molar-refractivity contribution in [3.8, 4) is 0 Å². The lowest BCUT2D eigenvalue weighted by atomic mass is 9.84. The van der Waals surface area contributed by atoms with Crippen LogP contribution >= 0.6 is 0 Å². The van der Waals surface area contributed by atoms with E-state index in [-0.39, 0.29) is 0 Å². The highest BCUT2D eigenvalue weighted by molar-refractivity contribution is 5.64. The van der Waals surface area contributed by atoms with Crippen LogP contribution in [0.25, 0.3) is 0 Å². The highest BCUT2D eigenvalue weighted by Gasteiger charge is 2.21. The van der Waals surface area contributed by atoms with E-state index in [1.54, 1.807) is 7.11 Å². The maximum absolute atomic E-state index is 5.05. The molecular formula is C10H17NO. The van der Waals surface area contributed by atoms with Gasteiger partial charge < -0.3 is 4.74 Å². The third kappa shape index (κ3) is 1.87. The Labute approximate surface area is 74.3 Å². The summed E-state index contributed by atoms with van der Waals surface area (Å²) < 4.78 is 5.05. The molecule has 0 spiro atoms. The number of nitrogens with zero attached hydrogens (tertiary/aromatic N) is 1. The van der Waals surface area contributed by atoms with Gasteiger partial charge >= 0.3 is 0 Å². The molecule has 0 amide bonds. The fraction of sp³-hybridized carbons (Fsp3) is 0.700. The van der Waals surface area contributed by atoms with Crippen molar-refractivity contribution in [2.75, 3.05) is 7.11 Å². The Morgan fingerprint density at radius 1 is 1.50 bits per heavy atom. The van der Waals surface area contributed by atoms with Crippen LogP contribution in [0.15, 0.2) is 17.0 Å². The van der Waals surface area contributed by atoms with Crippen LogP contribution in [0.2, 0.25) is 0 Å². The summed E-state index contributed by atoms with van der Waals surface area (Å²) in [6.45, 7) is 6.65. The van der Waals surface area contributed by atoms with Crippen LogP contribution in [-0.2, 0) is 4.74 Å². The van der Waals surface area contributed by atoms with Crippen LogP contribution in [0.3, 0.4) is 0 Å². The van der Waals surface area contributed by atoms with Crippen molar-refractivity contribution in [1.29, 1.82) is 0 Å². The van der Waals surface area contributed by atoms with E-state index >= 15 is 0 Å². The molecule has 1 rings (SSSR count). The van der Waals surface area contributed by atoms with Crippen LogP contribution in [0.1, 0.15) is 20.8 Å². The molecule has 12 heavy (non-hydrogen) atoms. The van der Waals surface area contributed by atoms with Gasteiger partial charge in [-0.15, -0.1) is 0 Å². The minimum atomic E-state index is 0.539. The van der Waals surface area contributed by atoms with Gasteiger partial charge in [0.1, 0.15) is 0 Å². The number of aliphatic imine (C=N–C) groups is 1. The number of allylic oxidation sites excluding steroid dienone is 1. The predicted molar refractivity (Wildman–Crippen MR) is 51.1 cm³/mol. The zero-order chi connectivity index (χ0) is 9.14. The van der Waals surface area contributed by atoms with Crippen molar-refractivity contribution in [2.24, 2.45) is 22.7 Å². The minimum Gasteiger partial charge on any atom is -0.481 e. The molecule has 0 radical (unpaired) electrons. The molecule has 2 atom stereocenters. The molecular weight excluding hydrogens is 150 g/mol. The van der Waals surface area contributed by atoms with Crippen LogP contribution in [-0.4, -0.2) is 13.3 Å². The molecule has 0 aromatic rings. The first-order chi connectivity index (χ1) is 5.65. The maximum atomic E-state index is 5.05. The quantitative estimate of drug-likeness (QED) is 0.619. The predicted octanol–water partition coefficient (Wildman–Crippen LogP) is 2.47. The second-order valence-corrected chi connectivity index (χ2v) is 3.67. The molecule has 0 N–H and O–H groups in total. The monoisotopic (exact) mass is 167 g/mol. The van der Waals surface area contributed by atoms with Gasteiger partial charge in [-0.1, -0.05) is 20.8 Å². The molecule has 2 nitrogen and oxygen atoms in total. The molecule has 0 saturated carbocycles. The van der Waals surface area contributed by atoms with Crippen molar-refractivity contribution in [3.63, 3.8) is 0 Å². The topological polar surface area (TPSA) is 21.6 Å². The molecule has 68 valence electrons. The molecule has 0 saturated heterocycles. The Hall–Kier alpha value is -0.790. The molecule has 0 aromatic carbocycles. The molecule has 2 unspecified atom stereocenters. The summed E-state index contributed by atoms with van der Waals surface area (Å²) in [6.07, 6.45) is 4.10. The fourth-order valence-electron chi connectivity index (χ4n) is 1.57. The Morgan fingerprint density at radius 2 is 2.17 bits per heavy atom. The van der Waals surface area contributed by atoms with Crippen LogP contribution < -0.4 is 0 Å². The van der Waals surface area contributed by atoms with E-state index in [0.717, 1.165) is 5.88 Å². The summed E-state index contributed by atoms with van der Waals surface area (Å²) >= 11 is 0. The Morgan fingerprint density at radius 3 is 2.58 bits per heavy atom. The average Bonchev–Trinajstić information content (AvgIpc) is 2.03. The van der Waals surface area contributed by atoms with Crippen molar-refractivity contribution >= 4 is 6.21 Å². The Balaban J connectivity index is 2.68. The molecule has 1 aliphatic rings. The number of rotatable bonds is 2. The lowest BCUT2D eigenvalue weighted by Crippen LogP contribution is -2.21. The van der Waals surface area contributed by atoms with E-state index in [1.165, 1.54) is 0 Å². The van der Waals surface area contributed by atoms with Gasteiger partial charge in [-0.2, -0.15) is 0 Å². The molecule has 2 heteroatoms. The van der Waals surface area contributed by atoms with E-state index in [2.05, 4.69) is 31.8 Å². The van der Waals surface area contributed by atoms with Crippen molar-refractivity contribution < 1.29 is 4.74 Å². The van der Waals surface area contributed by atoms with Gasteiger partial charge in [0.15, 0.2) is 0 Å². The lowest BCUT2D eigenvalue weighted by Gasteiger charge is -2.24. The van der Waals surface area contributed by atoms with Gasteiger partial charge in [0.25, 0.3) is 0 Å². The van der Waals surface area contributed by atoms with Crippen LogP contribution in [0.4, 0.5) is 0 Å². The van der Waals surface area contributed by atoms with Gasteiger partial charge in [0, 0.05) is 12.1 Å². The number of ether oxygens (including phenoxy) is 1. The van der Waals surface area contributed by atoms with Crippen molar-refractivity contribution in [2.45, 2.75) is 20.8 Å². The zero-order valence-corrected chi connectivity index (χ0v) is 8.24. The van der Waals surface area contributed by atoms with Gasteiger partial charge in [-0.25, -0.2) is 4.99 Å². The highest BCUT2D eigenvalue weighted by atomic mass is 16.5. The third-order valence-electron chi connectivity index (χ3n) is 2.37. The average molecular weight is 167 g/mol. The number of hydrogen-bond acceptors (Lipinski definition) is 2. The number of methoxy groups -OCH3 is 1. The molecule has 0 bridgehead atoms. The first-order valence-electron chi connectivity index (χ1n) is 4.45. The normalized spacial score (nSPS) is 28.9. The summed E-state index contributed by atoms with van der Waals surface area (Å²) in [5, 5.41) is 0. The highest BCUT2D eigenvalue weighted by Crippen LogP contribution is 2.25. The van der Waals surface area contributed by atoms with E-state index in [4.69, 9.17) is 4.74 Å². The second-order valence-electron chi connectivity index (χ2n) is 3.67. The largest absolute Gasteiger partial charge is 0.481 e. The number of hydrogen-bond donors (Lipinski definition) is 0. The Kier molecular flexibility index (Phi) is 2.90. The van der Waals surface area contributed by atoms with Gasteiger partial charge in [-0.05, 0) is 17.9 Å². The molecule has 0 aliphatic carbocycles. The van der Waals surface area contributed by atoms with Gasteiger partial charge in [-0.3, -0.25) is 0 Å². The summed E-state index contributed by atoms with van der Waals surface area (Å²) in [4.78, 5) is 4.21. The third-order valence-corrected chi connectivity index (χ3v) is 2.37. The lowest BCUT2D eigenvalue weighted by molar-refractivity contribution is 0.273. The van der Waals surface area contributed by atoms with E-state index in [1.807, 2.05) is 6.21 Å². The zero-order valence-electron chi connectivity index (χ0n) is 8.24. The summed E-state index contributed by atoms with van der Waals surface area (Å²) in [6, 6.07) is 0. The SMILES string of the molecule is COC1=CC(C)C(C(C)C)C=N1. The van der Waals surface area contributed by atoms with Gasteiger partial charge in [0.05, 0.1) is 7.11 Å². The van der Waals surface area contributed by atoms with Crippen molar-refractivity contribution in [1.82, 2.24) is 0 Å². The smallest absolute Gasteiger partial charge is 0.208 e. The van der Waals surface area contributed by atoms with Crippen LogP contribution in [0.5, 0.6) is 0 Å². The molecule has 0 fully saturated rings. The summed E-state index contributed by atoms with van der Waals surface area (Å²) in [7, 11) is 1.66. The summed E-state index contributed by atoms with van der Waals surface area (Å²) in [5.74, 6) is 2.50. The van der Waals surface area contributed by atoms with Crippen molar-refractivity contribution in [3.05, 3.63) is 12.0 Å². The molecule has 1 heterocycles. The van der Waals surface area contributed by atoms with Gasteiger partial charge in [0.2, 0.25) is 5.88 Å². The summed E-state index contributed by atoms with van der Waals surface area (Å²) in [5.41, 5.74) is 0. The second kappa shape index (κ2) is 3.74. The minimum absolute atomic E-state index is 0.539. The first kappa shape index (κ1) is 9.30.